The van der Waals surface area contributed by atoms with E-state index in [0.29, 0.717) is 6.54 Å². The molecule has 116 valence electrons. The summed E-state index contributed by atoms with van der Waals surface area (Å²) in [5, 5.41) is 3.10. The van der Waals surface area contributed by atoms with E-state index in [-0.39, 0.29) is 5.82 Å². The van der Waals surface area contributed by atoms with Crippen molar-refractivity contribution in [2.24, 2.45) is 5.92 Å². The first-order chi connectivity index (χ1) is 10.2. The molecule has 0 bridgehead atoms. The summed E-state index contributed by atoms with van der Waals surface area (Å²) in [6.45, 7) is 4.05. The van der Waals surface area contributed by atoms with Gasteiger partial charge in [0.15, 0.2) is 0 Å². The Hall–Kier alpha value is -1.13. The SMILES string of the molecule is CNCc1cc(F)cc(N2CCC3C(CCCN3C)C2)c1. The Morgan fingerprint density at radius 3 is 2.90 bits per heavy atom. The van der Waals surface area contributed by atoms with E-state index in [9.17, 15) is 4.39 Å². The van der Waals surface area contributed by atoms with Crippen LogP contribution in [0.15, 0.2) is 18.2 Å². The van der Waals surface area contributed by atoms with Crippen LogP contribution in [0.3, 0.4) is 0 Å². The molecule has 2 aliphatic rings. The number of hydrogen-bond donors (Lipinski definition) is 1. The second-order valence-corrected chi connectivity index (χ2v) is 6.53. The Morgan fingerprint density at radius 1 is 1.24 bits per heavy atom. The van der Waals surface area contributed by atoms with Crippen LogP contribution >= 0.6 is 0 Å². The van der Waals surface area contributed by atoms with Gasteiger partial charge in [0, 0.05) is 31.4 Å². The van der Waals surface area contributed by atoms with Crippen LogP contribution in [0.4, 0.5) is 10.1 Å². The van der Waals surface area contributed by atoms with E-state index < -0.39 is 0 Å². The molecule has 2 saturated heterocycles. The van der Waals surface area contributed by atoms with Crippen molar-refractivity contribution in [3.63, 3.8) is 0 Å². The van der Waals surface area contributed by atoms with Gasteiger partial charge < -0.3 is 15.1 Å². The summed E-state index contributed by atoms with van der Waals surface area (Å²) in [6, 6.07) is 6.17. The van der Waals surface area contributed by atoms with Crippen LogP contribution in [-0.2, 0) is 6.54 Å². The third-order valence-electron chi connectivity index (χ3n) is 5.03. The van der Waals surface area contributed by atoms with E-state index in [0.717, 1.165) is 36.3 Å². The minimum Gasteiger partial charge on any atom is -0.371 e. The summed E-state index contributed by atoms with van der Waals surface area (Å²) < 4.78 is 13.8. The Kier molecular flexibility index (Phi) is 4.45. The van der Waals surface area contributed by atoms with Crippen molar-refractivity contribution in [2.45, 2.75) is 31.8 Å². The van der Waals surface area contributed by atoms with Crippen molar-refractivity contribution in [1.29, 1.82) is 0 Å². The highest BCUT2D eigenvalue weighted by Gasteiger charge is 2.34. The number of halogens is 1. The Balaban J connectivity index is 1.75. The van der Waals surface area contributed by atoms with Crippen LogP contribution < -0.4 is 10.2 Å². The lowest BCUT2D eigenvalue weighted by atomic mass is 9.84. The molecule has 1 N–H and O–H groups in total. The van der Waals surface area contributed by atoms with E-state index in [2.05, 4.69) is 28.2 Å². The van der Waals surface area contributed by atoms with Crippen LogP contribution in [0, 0.1) is 11.7 Å². The molecule has 0 radical (unpaired) electrons. The van der Waals surface area contributed by atoms with E-state index >= 15 is 0 Å². The van der Waals surface area contributed by atoms with Crippen LogP contribution in [0.1, 0.15) is 24.8 Å². The molecule has 0 saturated carbocycles. The summed E-state index contributed by atoms with van der Waals surface area (Å²) in [6.07, 6.45) is 3.79. The number of anilines is 1. The Bertz CT molecular complexity index is 491. The van der Waals surface area contributed by atoms with Crippen LogP contribution in [0.25, 0.3) is 0 Å². The predicted molar refractivity (Wildman–Crippen MR) is 85.1 cm³/mol. The molecule has 1 aromatic rings. The quantitative estimate of drug-likeness (QED) is 0.923. The normalized spacial score (nSPS) is 26.7. The van der Waals surface area contributed by atoms with Gasteiger partial charge in [-0.15, -0.1) is 0 Å². The largest absolute Gasteiger partial charge is 0.371 e. The lowest BCUT2D eigenvalue weighted by Crippen LogP contribution is -2.52. The molecule has 2 heterocycles. The molecule has 4 heteroatoms. The van der Waals surface area contributed by atoms with Crippen molar-refractivity contribution in [2.75, 3.05) is 38.6 Å². The summed E-state index contributed by atoms with van der Waals surface area (Å²) in [5.74, 6) is 0.606. The smallest absolute Gasteiger partial charge is 0.125 e. The monoisotopic (exact) mass is 291 g/mol. The van der Waals surface area contributed by atoms with Gasteiger partial charge in [0.25, 0.3) is 0 Å². The molecule has 0 aromatic heterocycles. The van der Waals surface area contributed by atoms with Gasteiger partial charge in [-0.3, -0.25) is 0 Å². The first-order valence-electron chi connectivity index (χ1n) is 8.06. The average molecular weight is 291 g/mol. The third-order valence-corrected chi connectivity index (χ3v) is 5.03. The van der Waals surface area contributed by atoms with Crippen LogP contribution in [-0.4, -0.2) is 44.7 Å². The van der Waals surface area contributed by atoms with Crippen molar-refractivity contribution >= 4 is 5.69 Å². The van der Waals surface area contributed by atoms with Gasteiger partial charge in [-0.25, -0.2) is 4.39 Å². The minimum atomic E-state index is -0.124. The number of hydrogen-bond acceptors (Lipinski definition) is 3. The van der Waals surface area contributed by atoms with Gasteiger partial charge in [-0.1, -0.05) is 0 Å². The minimum absolute atomic E-state index is 0.124. The number of nitrogens with one attached hydrogen (secondary N) is 1. The summed E-state index contributed by atoms with van der Waals surface area (Å²) in [4.78, 5) is 4.89. The van der Waals surface area contributed by atoms with Gasteiger partial charge in [-0.2, -0.15) is 0 Å². The molecule has 3 nitrogen and oxygen atoms in total. The highest BCUT2D eigenvalue weighted by molar-refractivity contribution is 5.49. The first-order valence-corrected chi connectivity index (χ1v) is 8.06. The first kappa shape index (κ1) is 14.8. The Labute approximate surface area is 127 Å². The summed E-state index contributed by atoms with van der Waals surface area (Å²) >= 11 is 0. The molecule has 0 spiro atoms. The standard InChI is InChI=1S/C17H26FN3/c1-19-11-13-8-15(18)10-16(9-13)21-7-5-17-14(12-21)4-3-6-20(17)2/h8-10,14,17,19H,3-7,11-12H2,1-2H3. The topological polar surface area (TPSA) is 18.5 Å². The van der Waals surface area contributed by atoms with Gasteiger partial charge in [0.2, 0.25) is 0 Å². The molecule has 1 aromatic carbocycles. The number of likely N-dealkylation sites (tertiary alicyclic amines) is 1. The fourth-order valence-electron chi connectivity index (χ4n) is 4.01. The highest BCUT2D eigenvalue weighted by Crippen LogP contribution is 2.32. The van der Waals surface area contributed by atoms with Gasteiger partial charge >= 0.3 is 0 Å². The molecule has 0 amide bonds. The molecule has 3 rings (SSSR count). The van der Waals surface area contributed by atoms with E-state index in [1.165, 1.54) is 25.8 Å². The van der Waals surface area contributed by atoms with Gasteiger partial charge in [-0.05, 0) is 69.6 Å². The zero-order valence-corrected chi connectivity index (χ0v) is 13.1. The zero-order valence-electron chi connectivity index (χ0n) is 13.1. The molecule has 21 heavy (non-hydrogen) atoms. The Morgan fingerprint density at radius 2 is 2.10 bits per heavy atom. The molecular weight excluding hydrogens is 265 g/mol. The molecule has 2 unspecified atom stereocenters. The number of nitrogens with zero attached hydrogens (tertiary/aromatic N) is 2. The second-order valence-electron chi connectivity index (χ2n) is 6.53. The van der Waals surface area contributed by atoms with E-state index in [4.69, 9.17) is 0 Å². The summed E-state index contributed by atoms with van der Waals surface area (Å²) in [7, 11) is 4.15. The summed E-state index contributed by atoms with van der Waals surface area (Å²) in [5.41, 5.74) is 2.07. The number of benzene rings is 1. The average Bonchev–Trinajstić information content (AvgIpc) is 2.47. The number of fused-ring (bicyclic) bond motifs is 1. The molecule has 0 aliphatic carbocycles. The zero-order chi connectivity index (χ0) is 14.8. The lowest BCUT2D eigenvalue weighted by molar-refractivity contribution is 0.102. The molecule has 2 fully saturated rings. The number of piperidine rings is 2. The lowest BCUT2D eigenvalue weighted by Gasteiger charge is -2.46. The maximum atomic E-state index is 13.8. The van der Waals surface area contributed by atoms with Crippen LogP contribution in [0.5, 0.6) is 0 Å². The maximum absolute atomic E-state index is 13.8. The van der Waals surface area contributed by atoms with E-state index in [1.807, 2.05) is 7.05 Å². The molecule has 2 aliphatic heterocycles. The fraction of sp³-hybridized carbons (Fsp3) is 0.647. The van der Waals surface area contributed by atoms with Crippen molar-refractivity contribution < 1.29 is 4.39 Å². The second kappa shape index (κ2) is 6.32. The third kappa shape index (κ3) is 3.22. The van der Waals surface area contributed by atoms with Crippen molar-refractivity contribution in [3.05, 3.63) is 29.6 Å². The van der Waals surface area contributed by atoms with Crippen LogP contribution in [0.2, 0.25) is 0 Å². The molecular formula is C17H26FN3. The highest BCUT2D eigenvalue weighted by atomic mass is 19.1. The van der Waals surface area contributed by atoms with E-state index in [1.54, 1.807) is 12.1 Å². The van der Waals surface area contributed by atoms with Gasteiger partial charge in [0.05, 0.1) is 0 Å². The number of rotatable bonds is 3. The maximum Gasteiger partial charge on any atom is 0.125 e. The fourth-order valence-corrected chi connectivity index (χ4v) is 4.01. The van der Waals surface area contributed by atoms with Crippen molar-refractivity contribution in [1.82, 2.24) is 10.2 Å². The van der Waals surface area contributed by atoms with Crippen molar-refractivity contribution in [3.8, 4) is 0 Å². The molecule has 2 atom stereocenters. The predicted octanol–water partition coefficient (Wildman–Crippen LogP) is 2.47. The van der Waals surface area contributed by atoms with Gasteiger partial charge in [0.1, 0.15) is 5.82 Å².